The standard InChI is InChI=1S/C19H25N8O12P/c1-6-23-14-9(15(32)24-6)21-4-26(14)17-12(31)13(7(2-28)37-17)39-40(34,35)36-3-8-10(29)11(30)16(38-8)27-5-22-18(20)25-19(27)33/h4-5,7-8,10-13,16-17,28-31H,2-3H2,1H3,(H,34,35)(H2,20,25,33)(H,23,24,32)/t7-,8-,10?,11+,12+,13?,16-,17-/m1/s1. The molecule has 0 amide bonds. The van der Waals surface area contributed by atoms with E-state index in [4.69, 9.17) is 24.3 Å². The number of aryl methyl sites for hydroxylation is 1. The summed E-state index contributed by atoms with van der Waals surface area (Å²) in [5.41, 5.74) is 3.87. The number of fused-ring (bicyclic) bond motifs is 1. The minimum atomic E-state index is -5.03. The van der Waals surface area contributed by atoms with E-state index in [9.17, 15) is 39.5 Å². The summed E-state index contributed by atoms with van der Waals surface area (Å²) in [5.74, 6) is -0.0701. The van der Waals surface area contributed by atoms with E-state index in [-0.39, 0.29) is 22.9 Å². The van der Waals surface area contributed by atoms with Gasteiger partial charge >= 0.3 is 13.5 Å². The zero-order valence-corrected chi connectivity index (χ0v) is 21.4. The van der Waals surface area contributed by atoms with E-state index in [0.29, 0.717) is 0 Å². The molecule has 218 valence electrons. The van der Waals surface area contributed by atoms with Gasteiger partial charge in [-0.1, -0.05) is 0 Å². The number of nitrogen functional groups attached to an aromatic ring is 1. The van der Waals surface area contributed by atoms with Crippen LogP contribution in [0.15, 0.2) is 22.2 Å². The highest BCUT2D eigenvalue weighted by Crippen LogP contribution is 2.49. The summed E-state index contributed by atoms with van der Waals surface area (Å²) in [5, 5.41) is 41.3. The summed E-state index contributed by atoms with van der Waals surface area (Å²) in [7, 11) is -5.03. The number of nitrogens with two attached hydrogens (primary N) is 1. The predicted molar refractivity (Wildman–Crippen MR) is 127 cm³/mol. The smallest absolute Gasteiger partial charge is 0.394 e. The van der Waals surface area contributed by atoms with Crippen LogP contribution >= 0.6 is 7.82 Å². The summed E-state index contributed by atoms with van der Waals surface area (Å²) in [6.45, 7) is -0.0172. The van der Waals surface area contributed by atoms with E-state index in [2.05, 4.69) is 24.9 Å². The van der Waals surface area contributed by atoms with Crippen LogP contribution in [-0.4, -0.2) is 109 Å². The number of nitrogens with one attached hydrogen (secondary N) is 1. The van der Waals surface area contributed by atoms with Gasteiger partial charge in [0.05, 0.1) is 19.5 Å². The largest absolute Gasteiger partial charge is 0.472 e. The Bertz CT molecular complexity index is 1560. The van der Waals surface area contributed by atoms with Crippen molar-refractivity contribution < 1.29 is 48.4 Å². The van der Waals surface area contributed by atoms with Crippen LogP contribution < -0.4 is 17.0 Å². The second-order valence-corrected chi connectivity index (χ2v) is 10.4. The minimum absolute atomic E-state index is 0.0501. The molecule has 2 aliphatic heterocycles. The van der Waals surface area contributed by atoms with E-state index in [1.165, 1.54) is 17.8 Å². The van der Waals surface area contributed by atoms with Gasteiger partial charge in [0.25, 0.3) is 5.56 Å². The molecule has 9 atom stereocenters. The highest BCUT2D eigenvalue weighted by atomic mass is 31.2. The Kier molecular flexibility index (Phi) is 7.56. The lowest BCUT2D eigenvalue weighted by Gasteiger charge is -2.23. The monoisotopic (exact) mass is 588 g/mol. The fourth-order valence-corrected chi connectivity index (χ4v) is 5.39. The number of rotatable bonds is 8. The Labute approximate surface area is 222 Å². The van der Waals surface area contributed by atoms with E-state index in [1.807, 2.05) is 0 Å². The molecular formula is C19H25N8O12P. The molecule has 0 bridgehead atoms. The van der Waals surface area contributed by atoms with Gasteiger partial charge in [0, 0.05) is 0 Å². The Morgan fingerprint density at radius 2 is 1.73 bits per heavy atom. The van der Waals surface area contributed by atoms with Crippen LogP contribution in [0.2, 0.25) is 0 Å². The first-order valence-corrected chi connectivity index (χ1v) is 13.2. The lowest BCUT2D eigenvalue weighted by molar-refractivity contribution is -0.0613. The number of nitrogens with zero attached hydrogens (tertiary/aromatic N) is 6. The fourth-order valence-electron chi connectivity index (χ4n) is 4.43. The number of H-pyrrole nitrogens is 1. The number of ether oxygens (including phenoxy) is 2. The number of hydrogen-bond acceptors (Lipinski definition) is 16. The van der Waals surface area contributed by atoms with Crippen LogP contribution in [0.5, 0.6) is 0 Å². The average Bonchev–Trinajstić information content (AvgIpc) is 3.53. The van der Waals surface area contributed by atoms with Crippen molar-refractivity contribution >= 4 is 24.9 Å². The van der Waals surface area contributed by atoms with Crippen molar-refractivity contribution in [3.63, 3.8) is 0 Å². The average molecular weight is 588 g/mol. The maximum absolute atomic E-state index is 12.8. The topological polar surface area (TPSA) is 293 Å². The molecule has 3 aromatic rings. The molecule has 8 N–H and O–H groups in total. The maximum Gasteiger partial charge on any atom is 0.472 e. The number of hydrogen-bond donors (Lipinski definition) is 7. The Morgan fingerprint density at radius 3 is 2.42 bits per heavy atom. The van der Waals surface area contributed by atoms with Gasteiger partial charge in [-0.3, -0.25) is 23.0 Å². The number of aromatic amines is 1. The zero-order valence-electron chi connectivity index (χ0n) is 20.5. The maximum atomic E-state index is 12.8. The zero-order chi connectivity index (χ0) is 28.9. The van der Waals surface area contributed by atoms with Crippen molar-refractivity contribution in [1.29, 1.82) is 0 Å². The lowest BCUT2D eigenvalue weighted by atomic mass is 10.1. The van der Waals surface area contributed by atoms with E-state index < -0.39 is 81.4 Å². The third-order valence-electron chi connectivity index (χ3n) is 6.33. The van der Waals surface area contributed by atoms with E-state index in [1.54, 1.807) is 0 Å². The van der Waals surface area contributed by atoms with Crippen LogP contribution in [0.25, 0.3) is 11.2 Å². The van der Waals surface area contributed by atoms with Gasteiger partial charge in [0.15, 0.2) is 23.6 Å². The molecular weight excluding hydrogens is 563 g/mol. The molecule has 0 saturated carbocycles. The molecule has 2 aliphatic rings. The second-order valence-electron chi connectivity index (χ2n) is 9.00. The normalized spacial score (nSPS) is 32.0. The predicted octanol–water partition coefficient (Wildman–Crippen LogP) is -3.97. The van der Waals surface area contributed by atoms with Crippen LogP contribution in [0.4, 0.5) is 5.95 Å². The first-order chi connectivity index (χ1) is 18.9. The van der Waals surface area contributed by atoms with Crippen LogP contribution in [0.1, 0.15) is 18.3 Å². The molecule has 3 unspecified atom stereocenters. The van der Waals surface area contributed by atoms with Crippen LogP contribution in [-0.2, 0) is 23.1 Å². The van der Waals surface area contributed by atoms with Crippen molar-refractivity contribution in [2.45, 2.75) is 56.0 Å². The fraction of sp³-hybridized carbons (Fsp3) is 0.579. The molecule has 20 nitrogen and oxygen atoms in total. The summed E-state index contributed by atoms with van der Waals surface area (Å²) in [4.78, 5) is 52.2. The van der Waals surface area contributed by atoms with Gasteiger partial charge in [-0.25, -0.2) is 24.3 Å². The first-order valence-electron chi connectivity index (χ1n) is 11.7. The molecule has 21 heteroatoms. The minimum Gasteiger partial charge on any atom is -0.394 e. The number of aliphatic hydroxyl groups is 4. The molecule has 40 heavy (non-hydrogen) atoms. The quantitative estimate of drug-likeness (QED) is 0.123. The molecule has 3 aromatic heterocycles. The lowest BCUT2D eigenvalue weighted by Crippen LogP contribution is -2.37. The van der Waals surface area contributed by atoms with Crippen molar-refractivity contribution in [3.8, 4) is 0 Å². The SMILES string of the molecule is Cc1nc2c(ncn2[C@@H]2O[C@H](CO)C(OP(=O)(O)OC[C@H]3O[C@@H](n4cnc(N)nc4=O)[C@@H](O)C3O)[C@@H]2O)c(=O)[nH]1. The molecule has 0 radical (unpaired) electrons. The highest BCUT2D eigenvalue weighted by molar-refractivity contribution is 7.47. The summed E-state index contributed by atoms with van der Waals surface area (Å²) < 4.78 is 35.8. The number of anilines is 1. The first kappa shape index (κ1) is 28.4. The highest BCUT2D eigenvalue weighted by Gasteiger charge is 2.50. The number of imidazole rings is 1. The second kappa shape index (κ2) is 10.7. The third-order valence-corrected chi connectivity index (χ3v) is 7.31. The van der Waals surface area contributed by atoms with Crippen molar-refractivity contribution in [2.75, 3.05) is 18.9 Å². The Morgan fingerprint density at radius 1 is 1.05 bits per heavy atom. The summed E-state index contributed by atoms with van der Waals surface area (Å²) in [6.07, 6.45) is -10.0. The molecule has 0 spiro atoms. The molecule has 0 aromatic carbocycles. The number of phosphoric acid groups is 1. The van der Waals surface area contributed by atoms with Gasteiger partial charge in [-0.2, -0.15) is 4.98 Å². The number of phosphoric ester groups is 1. The number of aliphatic hydroxyl groups excluding tert-OH is 4. The molecule has 0 aliphatic carbocycles. The molecule has 5 rings (SSSR count). The Balaban J connectivity index is 1.28. The van der Waals surface area contributed by atoms with Crippen LogP contribution in [0.3, 0.4) is 0 Å². The van der Waals surface area contributed by atoms with Gasteiger partial charge < -0.3 is 45.5 Å². The van der Waals surface area contributed by atoms with Gasteiger partial charge in [0.1, 0.15) is 48.8 Å². The van der Waals surface area contributed by atoms with Crippen molar-refractivity contribution in [1.82, 2.24) is 34.1 Å². The number of aromatic nitrogens is 7. The van der Waals surface area contributed by atoms with E-state index in [0.717, 1.165) is 10.9 Å². The van der Waals surface area contributed by atoms with Gasteiger partial charge in [0.2, 0.25) is 5.95 Å². The van der Waals surface area contributed by atoms with Crippen molar-refractivity contribution in [3.05, 3.63) is 39.3 Å². The van der Waals surface area contributed by atoms with E-state index >= 15 is 0 Å². The van der Waals surface area contributed by atoms with Gasteiger partial charge in [-0.15, -0.1) is 0 Å². The Hall–Kier alpha value is -3.17. The summed E-state index contributed by atoms with van der Waals surface area (Å²) >= 11 is 0. The third kappa shape index (κ3) is 5.17. The van der Waals surface area contributed by atoms with Crippen LogP contribution in [0, 0.1) is 6.92 Å². The van der Waals surface area contributed by atoms with Gasteiger partial charge in [-0.05, 0) is 6.92 Å². The molecule has 2 saturated heterocycles. The molecule has 2 fully saturated rings. The summed E-state index contributed by atoms with van der Waals surface area (Å²) in [6, 6.07) is 0. The molecule has 5 heterocycles. The van der Waals surface area contributed by atoms with Crippen molar-refractivity contribution in [2.24, 2.45) is 0 Å².